The molecule has 8 nitrogen and oxygen atoms in total. The van der Waals surface area contributed by atoms with Gasteiger partial charge in [-0.25, -0.2) is 9.78 Å². The third-order valence-electron chi connectivity index (χ3n) is 4.96. The van der Waals surface area contributed by atoms with Crippen molar-refractivity contribution in [3.63, 3.8) is 0 Å². The Morgan fingerprint density at radius 2 is 2.10 bits per heavy atom. The summed E-state index contributed by atoms with van der Waals surface area (Å²) in [6.45, 7) is 3.20. The van der Waals surface area contributed by atoms with E-state index in [0.29, 0.717) is 25.6 Å². The number of carbonyl (C=O) groups is 2. The Hall–Kier alpha value is -2.40. The van der Waals surface area contributed by atoms with Crippen LogP contribution < -0.4 is 4.74 Å². The number of pyridine rings is 1. The molecule has 2 saturated heterocycles. The van der Waals surface area contributed by atoms with E-state index in [0.717, 1.165) is 26.0 Å². The zero-order valence-corrected chi connectivity index (χ0v) is 16.9. The number of piperidine rings is 1. The van der Waals surface area contributed by atoms with Gasteiger partial charge in [-0.15, -0.1) is 0 Å². The van der Waals surface area contributed by atoms with E-state index >= 15 is 0 Å². The topological polar surface area (TPSA) is 92.2 Å². The molecule has 1 amide bonds. The Bertz CT molecular complexity index is 717. The van der Waals surface area contributed by atoms with E-state index in [4.69, 9.17) is 19.4 Å². The monoisotopic (exact) mass is 433 g/mol. The summed E-state index contributed by atoms with van der Waals surface area (Å²) in [6, 6.07) is 5.64. The highest BCUT2D eigenvalue weighted by Crippen LogP contribution is 2.41. The quantitative estimate of drug-likeness (QED) is 0.755. The van der Waals surface area contributed by atoms with E-state index in [1.807, 2.05) is 42.1 Å². The first kappa shape index (κ1) is 23.9. The lowest BCUT2D eigenvalue weighted by Gasteiger charge is -2.43. The van der Waals surface area contributed by atoms with Gasteiger partial charge >= 0.3 is 12.1 Å². The first-order chi connectivity index (χ1) is 14.0. The molecule has 2 aliphatic rings. The Labute approximate surface area is 172 Å². The van der Waals surface area contributed by atoms with Gasteiger partial charge in [0.25, 0.3) is 0 Å². The smallest absolute Gasteiger partial charge is 0.477 e. The molecule has 1 N–H and O–H groups in total. The number of amides is 1. The largest absolute Gasteiger partial charge is 0.490 e. The first-order valence-corrected chi connectivity index (χ1v) is 9.41. The molecule has 1 aromatic rings. The van der Waals surface area contributed by atoms with Crippen LogP contribution in [0, 0.1) is 5.41 Å². The highest BCUT2D eigenvalue weighted by molar-refractivity contribution is 5.78. The second kappa shape index (κ2) is 10.1. The zero-order chi connectivity index (χ0) is 22.4. The maximum atomic E-state index is 12.4. The van der Waals surface area contributed by atoms with Crippen molar-refractivity contribution in [2.75, 3.05) is 46.9 Å². The standard InChI is InChI=1S/C17H25N3O3.C2HF3O2/c1-19(2)11-16(21)20-9-6-14-17(12-20,7-10-22-14)13-23-15-5-3-4-8-18-15;3-2(4,5)1(6)7/h3-5,8,14H,6-7,9-13H2,1-2H3;(H,6,7)/t14-,17+;/m1./s1. The van der Waals surface area contributed by atoms with Crippen molar-refractivity contribution in [1.82, 2.24) is 14.8 Å². The number of alkyl halides is 3. The number of ether oxygens (including phenoxy) is 2. The number of aromatic nitrogens is 1. The van der Waals surface area contributed by atoms with Gasteiger partial charge in [-0.1, -0.05) is 6.07 Å². The highest BCUT2D eigenvalue weighted by Gasteiger charge is 2.49. The minimum atomic E-state index is -5.08. The van der Waals surface area contributed by atoms with Crippen molar-refractivity contribution in [2.24, 2.45) is 5.41 Å². The Kier molecular flexibility index (Phi) is 8.02. The van der Waals surface area contributed by atoms with Crippen molar-refractivity contribution in [1.29, 1.82) is 0 Å². The predicted octanol–water partition coefficient (Wildman–Crippen LogP) is 1.66. The van der Waals surface area contributed by atoms with Crippen molar-refractivity contribution in [2.45, 2.75) is 25.1 Å². The minimum absolute atomic E-state index is 0.113. The van der Waals surface area contributed by atoms with Gasteiger partial charge < -0.3 is 24.4 Å². The molecule has 11 heteroatoms. The van der Waals surface area contributed by atoms with E-state index in [2.05, 4.69) is 4.98 Å². The number of carboxylic acids is 1. The van der Waals surface area contributed by atoms with Crippen molar-refractivity contribution < 1.29 is 37.3 Å². The molecule has 0 spiro atoms. The van der Waals surface area contributed by atoms with E-state index < -0.39 is 12.1 Å². The van der Waals surface area contributed by atoms with Crippen LogP contribution in [0.25, 0.3) is 0 Å². The molecule has 3 heterocycles. The van der Waals surface area contributed by atoms with Gasteiger partial charge in [0.1, 0.15) is 0 Å². The molecule has 0 radical (unpaired) electrons. The molecule has 0 unspecified atom stereocenters. The summed E-state index contributed by atoms with van der Waals surface area (Å²) < 4.78 is 43.6. The van der Waals surface area contributed by atoms with Gasteiger partial charge in [0.15, 0.2) is 0 Å². The van der Waals surface area contributed by atoms with Gasteiger partial charge in [0.05, 0.1) is 24.7 Å². The number of likely N-dealkylation sites (tertiary alicyclic amines) is 1. The molecule has 30 heavy (non-hydrogen) atoms. The molecule has 0 bridgehead atoms. The molecule has 2 fully saturated rings. The van der Waals surface area contributed by atoms with Crippen LogP contribution in [-0.2, 0) is 14.3 Å². The molecular weight excluding hydrogens is 407 g/mol. The maximum absolute atomic E-state index is 12.4. The average molecular weight is 433 g/mol. The van der Waals surface area contributed by atoms with Crippen LogP contribution in [0.15, 0.2) is 24.4 Å². The number of carboxylic acid groups (broad SMARTS) is 1. The van der Waals surface area contributed by atoms with Gasteiger partial charge in [0.2, 0.25) is 11.8 Å². The maximum Gasteiger partial charge on any atom is 0.490 e. The van der Waals surface area contributed by atoms with Gasteiger partial charge in [-0.05, 0) is 33.0 Å². The number of aliphatic carboxylic acids is 1. The number of hydrogen-bond donors (Lipinski definition) is 1. The van der Waals surface area contributed by atoms with Gasteiger partial charge in [-0.3, -0.25) is 4.79 Å². The normalized spacial score (nSPS) is 23.4. The number of likely N-dealkylation sites (N-methyl/N-ethyl adjacent to an activating group) is 1. The van der Waals surface area contributed by atoms with Crippen molar-refractivity contribution >= 4 is 11.9 Å². The van der Waals surface area contributed by atoms with Gasteiger partial charge in [0, 0.05) is 32.0 Å². The predicted molar refractivity (Wildman–Crippen MR) is 100.0 cm³/mol. The summed E-state index contributed by atoms with van der Waals surface area (Å²) in [7, 11) is 3.84. The number of hydrogen-bond acceptors (Lipinski definition) is 6. The summed E-state index contributed by atoms with van der Waals surface area (Å²) >= 11 is 0. The molecule has 0 aliphatic carbocycles. The summed E-state index contributed by atoms with van der Waals surface area (Å²) in [5.41, 5.74) is -0.113. The average Bonchev–Trinajstić information content (AvgIpc) is 3.10. The molecule has 2 aliphatic heterocycles. The number of halogens is 3. The van der Waals surface area contributed by atoms with Crippen molar-refractivity contribution in [3.8, 4) is 5.88 Å². The second-order valence-corrected chi connectivity index (χ2v) is 7.57. The van der Waals surface area contributed by atoms with Crippen LogP contribution in [0.5, 0.6) is 5.88 Å². The lowest BCUT2D eigenvalue weighted by Crippen LogP contribution is -2.55. The summed E-state index contributed by atoms with van der Waals surface area (Å²) in [6.07, 6.45) is -1.38. The van der Waals surface area contributed by atoms with Crippen LogP contribution in [0.3, 0.4) is 0 Å². The number of rotatable bonds is 5. The number of fused-ring (bicyclic) bond motifs is 1. The SMILES string of the molecule is CN(C)CC(=O)N1CC[C@H]2OCC[C@@]2(COc2ccccn2)C1.O=C(O)C(F)(F)F. The van der Waals surface area contributed by atoms with E-state index in [9.17, 15) is 18.0 Å². The fourth-order valence-corrected chi connectivity index (χ4v) is 3.49. The third-order valence-corrected chi connectivity index (χ3v) is 4.96. The molecule has 3 rings (SSSR count). The molecule has 2 atom stereocenters. The minimum Gasteiger partial charge on any atom is -0.477 e. The molecule has 0 saturated carbocycles. The zero-order valence-electron chi connectivity index (χ0n) is 16.9. The van der Waals surface area contributed by atoms with Crippen LogP contribution in [0.2, 0.25) is 0 Å². The van der Waals surface area contributed by atoms with Crippen LogP contribution >= 0.6 is 0 Å². The van der Waals surface area contributed by atoms with E-state index in [-0.39, 0.29) is 17.4 Å². The van der Waals surface area contributed by atoms with E-state index in [1.54, 1.807) is 6.20 Å². The Balaban J connectivity index is 0.000000396. The fraction of sp³-hybridized carbons (Fsp3) is 0.632. The van der Waals surface area contributed by atoms with Crippen LogP contribution in [-0.4, -0.2) is 91.0 Å². The Morgan fingerprint density at radius 3 is 2.67 bits per heavy atom. The third kappa shape index (κ3) is 6.56. The van der Waals surface area contributed by atoms with Gasteiger partial charge in [-0.2, -0.15) is 13.2 Å². The highest BCUT2D eigenvalue weighted by atomic mass is 19.4. The number of carbonyl (C=O) groups excluding carboxylic acids is 1. The van der Waals surface area contributed by atoms with Crippen molar-refractivity contribution in [3.05, 3.63) is 24.4 Å². The summed E-state index contributed by atoms with van der Waals surface area (Å²) in [4.78, 5) is 29.4. The molecular formula is C19H26F3N3O5. The van der Waals surface area contributed by atoms with Crippen LogP contribution in [0.4, 0.5) is 13.2 Å². The molecule has 168 valence electrons. The van der Waals surface area contributed by atoms with Crippen LogP contribution in [0.1, 0.15) is 12.8 Å². The summed E-state index contributed by atoms with van der Waals surface area (Å²) in [5, 5.41) is 7.12. The lowest BCUT2D eigenvalue weighted by atomic mass is 9.77. The molecule has 0 aromatic carbocycles. The summed E-state index contributed by atoms with van der Waals surface area (Å²) in [5.74, 6) is -1.95. The lowest BCUT2D eigenvalue weighted by molar-refractivity contribution is -0.192. The first-order valence-electron chi connectivity index (χ1n) is 9.41. The fourth-order valence-electron chi connectivity index (χ4n) is 3.49. The van der Waals surface area contributed by atoms with E-state index in [1.165, 1.54) is 0 Å². The molecule has 1 aromatic heterocycles. The second-order valence-electron chi connectivity index (χ2n) is 7.57. The Morgan fingerprint density at radius 1 is 1.40 bits per heavy atom. The number of nitrogens with zero attached hydrogens (tertiary/aromatic N) is 3.